The highest BCUT2D eigenvalue weighted by atomic mass is 79.9. The Balaban J connectivity index is 2.63. The van der Waals surface area contributed by atoms with Gasteiger partial charge in [0.2, 0.25) is 0 Å². The molecule has 0 aromatic carbocycles. The van der Waals surface area contributed by atoms with Crippen molar-refractivity contribution >= 4 is 15.9 Å². The van der Waals surface area contributed by atoms with E-state index in [1.165, 1.54) is 5.56 Å². The van der Waals surface area contributed by atoms with E-state index in [-0.39, 0.29) is 0 Å². The van der Waals surface area contributed by atoms with Gasteiger partial charge in [0.1, 0.15) is 0 Å². The highest BCUT2D eigenvalue weighted by Gasteiger charge is 2.06. The molecule has 1 atom stereocenters. The molecule has 0 bridgehead atoms. The van der Waals surface area contributed by atoms with E-state index in [4.69, 9.17) is 0 Å². The molecule has 0 aliphatic heterocycles. The lowest BCUT2D eigenvalue weighted by molar-refractivity contribution is 0.482. The molecule has 0 aliphatic carbocycles. The van der Waals surface area contributed by atoms with Gasteiger partial charge >= 0.3 is 0 Å². The zero-order valence-electron chi connectivity index (χ0n) is 8.50. The van der Waals surface area contributed by atoms with E-state index in [1.807, 2.05) is 10.9 Å². The minimum atomic E-state index is 0.556. The van der Waals surface area contributed by atoms with Crippen molar-refractivity contribution in [1.29, 1.82) is 0 Å². The second kappa shape index (κ2) is 4.80. The minimum Gasteiger partial charge on any atom is -0.272 e. The first kappa shape index (κ1) is 10.8. The maximum atomic E-state index is 4.32. The monoisotopic (exact) mass is 244 g/mol. The van der Waals surface area contributed by atoms with Gasteiger partial charge in [0, 0.05) is 18.1 Å². The molecule has 0 spiro atoms. The molecule has 0 fully saturated rings. The van der Waals surface area contributed by atoms with Crippen LogP contribution in [-0.2, 0) is 6.54 Å². The number of rotatable bonds is 4. The highest BCUT2D eigenvalue weighted by Crippen LogP contribution is 2.16. The fraction of sp³-hybridized carbons (Fsp3) is 0.700. The molecule has 0 saturated carbocycles. The van der Waals surface area contributed by atoms with Crippen LogP contribution in [0.2, 0.25) is 0 Å². The van der Waals surface area contributed by atoms with Crippen molar-refractivity contribution in [3.63, 3.8) is 0 Å². The average molecular weight is 245 g/mol. The average Bonchev–Trinajstić information content (AvgIpc) is 2.50. The fourth-order valence-corrected chi connectivity index (χ4v) is 1.57. The number of aromatic nitrogens is 2. The van der Waals surface area contributed by atoms with E-state index in [2.05, 4.69) is 48.0 Å². The van der Waals surface area contributed by atoms with Crippen molar-refractivity contribution < 1.29 is 0 Å². The number of alkyl halides is 1. The molecular formula is C10H17BrN2. The first-order valence-corrected chi connectivity index (χ1v) is 5.84. The molecule has 0 aliphatic rings. The first-order valence-electron chi connectivity index (χ1n) is 4.71. The molecule has 1 rings (SSSR count). The molecule has 1 aromatic rings. The molecule has 3 heteroatoms. The Labute approximate surface area is 88.5 Å². The maximum Gasteiger partial charge on any atom is 0.0524 e. The van der Waals surface area contributed by atoms with Gasteiger partial charge in [0.25, 0.3) is 0 Å². The Morgan fingerprint density at radius 2 is 2.15 bits per heavy atom. The molecule has 2 nitrogen and oxygen atoms in total. The molecular weight excluding hydrogens is 228 g/mol. The Kier molecular flexibility index (Phi) is 3.97. The Hall–Kier alpha value is -0.310. The summed E-state index contributed by atoms with van der Waals surface area (Å²) in [7, 11) is 0. The topological polar surface area (TPSA) is 17.8 Å². The van der Waals surface area contributed by atoms with Crippen LogP contribution in [0.4, 0.5) is 0 Å². The summed E-state index contributed by atoms with van der Waals surface area (Å²) in [4.78, 5) is 0. The fourth-order valence-electron chi connectivity index (χ4n) is 1.20. The van der Waals surface area contributed by atoms with Crippen LogP contribution in [0.5, 0.6) is 0 Å². The third kappa shape index (κ3) is 3.14. The van der Waals surface area contributed by atoms with Crippen molar-refractivity contribution in [3.05, 3.63) is 18.0 Å². The summed E-state index contributed by atoms with van der Waals surface area (Å²) in [6.45, 7) is 7.62. The van der Waals surface area contributed by atoms with Gasteiger partial charge in [-0.3, -0.25) is 4.68 Å². The zero-order valence-corrected chi connectivity index (χ0v) is 10.1. The first-order chi connectivity index (χ1) is 6.13. The molecule has 0 radical (unpaired) electrons. The van der Waals surface area contributed by atoms with Gasteiger partial charge in [0.05, 0.1) is 6.20 Å². The van der Waals surface area contributed by atoms with Crippen molar-refractivity contribution in [2.45, 2.75) is 33.2 Å². The summed E-state index contributed by atoms with van der Waals surface area (Å²) >= 11 is 3.47. The van der Waals surface area contributed by atoms with Gasteiger partial charge < -0.3 is 0 Å². The van der Waals surface area contributed by atoms with E-state index < -0.39 is 0 Å². The molecule has 13 heavy (non-hydrogen) atoms. The minimum absolute atomic E-state index is 0.556. The SMILES string of the molecule is CC(C)Cn1cc(C(C)CBr)cn1. The van der Waals surface area contributed by atoms with Crippen LogP contribution >= 0.6 is 15.9 Å². The summed E-state index contributed by atoms with van der Waals surface area (Å²) in [5.41, 5.74) is 1.32. The van der Waals surface area contributed by atoms with E-state index in [9.17, 15) is 0 Å². The van der Waals surface area contributed by atoms with Gasteiger partial charge in [-0.15, -0.1) is 0 Å². The number of nitrogens with zero attached hydrogens (tertiary/aromatic N) is 2. The quantitative estimate of drug-likeness (QED) is 0.745. The van der Waals surface area contributed by atoms with Gasteiger partial charge in [-0.05, 0) is 17.4 Å². The smallest absolute Gasteiger partial charge is 0.0524 e. The third-order valence-electron chi connectivity index (χ3n) is 2.01. The summed E-state index contributed by atoms with van der Waals surface area (Å²) in [5, 5.41) is 5.32. The van der Waals surface area contributed by atoms with E-state index in [0.717, 1.165) is 11.9 Å². The predicted octanol–water partition coefficient (Wildman–Crippen LogP) is 3.04. The number of hydrogen-bond donors (Lipinski definition) is 0. The van der Waals surface area contributed by atoms with Crippen LogP contribution in [0, 0.1) is 5.92 Å². The van der Waals surface area contributed by atoms with Gasteiger partial charge in [-0.1, -0.05) is 36.7 Å². The second-order valence-corrected chi connectivity index (χ2v) is 4.59. The Morgan fingerprint density at radius 3 is 2.69 bits per heavy atom. The molecule has 74 valence electrons. The molecule has 0 saturated heterocycles. The third-order valence-corrected chi connectivity index (χ3v) is 2.98. The molecule has 1 aromatic heterocycles. The normalized spacial score (nSPS) is 13.6. The molecule has 1 heterocycles. The largest absolute Gasteiger partial charge is 0.272 e. The van der Waals surface area contributed by atoms with Crippen LogP contribution < -0.4 is 0 Å². The van der Waals surface area contributed by atoms with Crippen molar-refractivity contribution in [1.82, 2.24) is 9.78 Å². The maximum absolute atomic E-state index is 4.32. The number of halogens is 1. The van der Waals surface area contributed by atoms with Crippen LogP contribution in [0.25, 0.3) is 0 Å². The molecule has 1 unspecified atom stereocenters. The lowest BCUT2D eigenvalue weighted by atomic mass is 10.1. The van der Waals surface area contributed by atoms with Crippen LogP contribution in [0.1, 0.15) is 32.3 Å². The lowest BCUT2D eigenvalue weighted by Crippen LogP contribution is -2.04. The van der Waals surface area contributed by atoms with E-state index >= 15 is 0 Å². The summed E-state index contributed by atoms with van der Waals surface area (Å²) in [5.74, 6) is 1.22. The zero-order chi connectivity index (χ0) is 9.84. The predicted molar refractivity (Wildman–Crippen MR) is 59.3 cm³/mol. The summed E-state index contributed by atoms with van der Waals surface area (Å²) in [6, 6.07) is 0. The second-order valence-electron chi connectivity index (χ2n) is 3.94. The van der Waals surface area contributed by atoms with Crippen molar-refractivity contribution in [3.8, 4) is 0 Å². The van der Waals surface area contributed by atoms with Crippen molar-refractivity contribution in [2.24, 2.45) is 5.92 Å². The van der Waals surface area contributed by atoms with E-state index in [1.54, 1.807) is 0 Å². The standard InChI is InChI=1S/C10H17BrN2/c1-8(2)6-13-7-10(5-12-13)9(3)4-11/h5,7-9H,4,6H2,1-3H3. The van der Waals surface area contributed by atoms with Crippen LogP contribution in [-0.4, -0.2) is 15.1 Å². The highest BCUT2D eigenvalue weighted by molar-refractivity contribution is 9.09. The molecule has 0 amide bonds. The lowest BCUT2D eigenvalue weighted by Gasteiger charge is -2.04. The summed E-state index contributed by atoms with van der Waals surface area (Å²) < 4.78 is 2.03. The van der Waals surface area contributed by atoms with Gasteiger partial charge in [-0.2, -0.15) is 5.10 Å². The van der Waals surface area contributed by atoms with Crippen LogP contribution in [0.3, 0.4) is 0 Å². The number of hydrogen-bond acceptors (Lipinski definition) is 1. The van der Waals surface area contributed by atoms with Gasteiger partial charge in [-0.25, -0.2) is 0 Å². The van der Waals surface area contributed by atoms with Crippen molar-refractivity contribution in [2.75, 3.05) is 5.33 Å². The van der Waals surface area contributed by atoms with E-state index in [0.29, 0.717) is 11.8 Å². The van der Waals surface area contributed by atoms with Gasteiger partial charge in [0.15, 0.2) is 0 Å². The molecule has 0 N–H and O–H groups in total. The summed E-state index contributed by atoms with van der Waals surface area (Å²) in [6.07, 6.45) is 4.11. The van der Waals surface area contributed by atoms with Crippen LogP contribution in [0.15, 0.2) is 12.4 Å². The Morgan fingerprint density at radius 1 is 1.46 bits per heavy atom. The Bertz CT molecular complexity index is 255.